The van der Waals surface area contributed by atoms with Crippen LogP contribution >= 0.6 is 0 Å². The molecule has 0 amide bonds. The van der Waals surface area contributed by atoms with Crippen LogP contribution in [-0.2, 0) is 0 Å². The number of nitrogens with zero attached hydrogens (tertiary/aromatic N) is 1. The molecule has 1 nitrogen and oxygen atoms in total. The van der Waals surface area contributed by atoms with E-state index in [1.165, 1.54) is 64.3 Å². The summed E-state index contributed by atoms with van der Waals surface area (Å²) < 4.78 is 0. The average Bonchev–Trinajstić information content (AvgIpc) is 2.49. The summed E-state index contributed by atoms with van der Waals surface area (Å²) in [7, 11) is 0. The van der Waals surface area contributed by atoms with Crippen LogP contribution in [0.1, 0.15) is 77.6 Å². The Morgan fingerprint density at radius 1 is 0.833 bits per heavy atom. The molecular formula is C17H31N. The molecule has 104 valence electrons. The summed E-state index contributed by atoms with van der Waals surface area (Å²) in [6, 6.07) is 1.92. The van der Waals surface area contributed by atoms with E-state index in [1.807, 2.05) is 0 Å². The van der Waals surface area contributed by atoms with Crippen LogP contribution in [0.2, 0.25) is 0 Å². The fourth-order valence-electron chi connectivity index (χ4n) is 4.77. The SMILES string of the molecule is CCN(C1CCCCCCCC1)C1CC2CCC21. The molecule has 0 aliphatic heterocycles. The lowest BCUT2D eigenvalue weighted by Crippen LogP contribution is -2.59. The van der Waals surface area contributed by atoms with Gasteiger partial charge in [-0.05, 0) is 50.5 Å². The predicted octanol–water partition coefficient (Wildman–Crippen LogP) is 4.61. The number of rotatable bonds is 3. The van der Waals surface area contributed by atoms with Crippen molar-refractivity contribution in [2.75, 3.05) is 6.54 Å². The highest BCUT2D eigenvalue weighted by atomic mass is 15.2. The molecule has 0 heterocycles. The fraction of sp³-hybridized carbons (Fsp3) is 1.00. The lowest BCUT2D eigenvalue weighted by molar-refractivity contribution is -0.0801. The van der Waals surface area contributed by atoms with Crippen molar-refractivity contribution < 1.29 is 0 Å². The topological polar surface area (TPSA) is 3.24 Å². The van der Waals surface area contributed by atoms with E-state index in [0.717, 1.165) is 23.9 Å². The Labute approximate surface area is 113 Å². The van der Waals surface area contributed by atoms with E-state index in [2.05, 4.69) is 11.8 Å². The van der Waals surface area contributed by atoms with Crippen molar-refractivity contribution in [2.45, 2.75) is 89.6 Å². The van der Waals surface area contributed by atoms with E-state index >= 15 is 0 Å². The van der Waals surface area contributed by atoms with Crippen LogP contribution < -0.4 is 0 Å². The minimum Gasteiger partial charge on any atom is -0.297 e. The molecule has 18 heavy (non-hydrogen) atoms. The third-order valence-corrected chi connectivity index (χ3v) is 6.10. The van der Waals surface area contributed by atoms with Gasteiger partial charge in [0.1, 0.15) is 0 Å². The number of hydrogen-bond acceptors (Lipinski definition) is 1. The summed E-state index contributed by atoms with van der Waals surface area (Å²) in [5.74, 6) is 2.25. The highest BCUT2D eigenvalue weighted by molar-refractivity contribution is 5.02. The van der Waals surface area contributed by atoms with E-state index in [1.54, 1.807) is 12.8 Å². The first-order chi connectivity index (χ1) is 8.90. The lowest BCUT2D eigenvalue weighted by atomic mass is 9.56. The number of hydrogen-bond donors (Lipinski definition) is 0. The Hall–Kier alpha value is -0.0400. The van der Waals surface area contributed by atoms with Crippen molar-refractivity contribution in [2.24, 2.45) is 11.8 Å². The van der Waals surface area contributed by atoms with Gasteiger partial charge in [-0.3, -0.25) is 4.90 Å². The van der Waals surface area contributed by atoms with Gasteiger partial charge in [-0.1, -0.05) is 45.4 Å². The second-order valence-corrected chi connectivity index (χ2v) is 6.99. The largest absolute Gasteiger partial charge is 0.297 e. The van der Waals surface area contributed by atoms with Gasteiger partial charge in [0.25, 0.3) is 0 Å². The first kappa shape index (κ1) is 13.0. The first-order valence-corrected chi connectivity index (χ1v) is 8.66. The molecule has 3 saturated carbocycles. The van der Waals surface area contributed by atoms with Crippen LogP contribution in [-0.4, -0.2) is 23.5 Å². The Kier molecular flexibility index (Phi) is 4.28. The van der Waals surface area contributed by atoms with Crippen LogP contribution in [0.25, 0.3) is 0 Å². The summed E-state index contributed by atoms with van der Waals surface area (Å²) in [5.41, 5.74) is 0. The molecular weight excluding hydrogens is 218 g/mol. The molecule has 0 saturated heterocycles. The summed E-state index contributed by atoms with van der Waals surface area (Å²) in [5, 5.41) is 0. The highest BCUT2D eigenvalue weighted by Gasteiger charge is 2.49. The van der Waals surface area contributed by atoms with Gasteiger partial charge in [-0.25, -0.2) is 0 Å². The van der Waals surface area contributed by atoms with E-state index in [0.29, 0.717) is 0 Å². The van der Waals surface area contributed by atoms with E-state index in [9.17, 15) is 0 Å². The maximum absolute atomic E-state index is 2.92. The molecule has 1 heteroatoms. The maximum Gasteiger partial charge on any atom is 0.0132 e. The fourth-order valence-corrected chi connectivity index (χ4v) is 4.77. The molecule has 3 aliphatic rings. The zero-order valence-electron chi connectivity index (χ0n) is 12.2. The monoisotopic (exact) mass is 249 g/mol. The van der Waals surface area contributed by atoms with Crippen LogP contribution in [0.4, 0.5) is 0 Å². The quantitative estimate of drug-likeness (QED) is 0.706. The van der Waals surface area contributed by atoms with E-state index in [4.69, 9.17) is 0 Å². The molecule has 0 aromatic carbocycles. The van der Waals surface area contributed by atoms with E-state index in [-0.39, 0.29) is 0 Å². The minimum absolute atomic E-state index is 0.930. The zero-order chi connectivity index (χ0) is 12.4. The Balaban J connectivity index is 1.58. The normalized spacial score (nSPS) is 38.0. The second kappa shape index (κ2) is 5.94. The van der Waals surface area contributed by atoms with E-state index < -0.39 is 0 Å². The molecule has 0 bridgehead atoms. The predicted molar refractivity (Wildman–Crippen MR) is 77.7 cm³/mol. The second-order valence-electron chi connectivity index (χ2n) is 6.99. The Morgan fingerprint density at radius 3 is 1.94 bits per heavy atom. The number of fused-ring (bicyclic) bond motifs is 1. The molecule has 3 unspecified atom stereocenters. The van der Waals surface area contributed by atoms with Gasteiger partial charge in [-0.15, -0.1) is 0 Å². The first-order valence-electron chi connectivity index (χ1n) is 8.66. The van der Waals surface area contributed by atoms with Gasteiger partial charge in [0.15, 0.2) is 0 Å². The molecule has 0 spiro atoms. The maximum atomic E-state index is 2.92. The van der Waals surface area contributed by atoms with Gasteiger partial charge in [0.2, 0.25) is 0 Å². The van der Waals surface area contributed by atoms with Gasteiger partial charge in [0, 0.05) is 12.1 Å². The summed E-state index contributed by atoms with van der Waals surface area (Å²) in [4.78, 5) is 2.92. The van der Waals surface area contributed by atoms with Crippen molar-refractivity contribution in [3.8, 4) is 0 Å². The third-order valence-electron chi connectivity index (χ3n) is 6.10. The van der Waals surface area contributed by atoms with Crippen molar-refractivity contribution in [3.63, 3.8) is 0 Å². The van der Waals surface area contributed by atoms with Crippen LogP contribution in [0.3, 0.4) is 0 Å². The summed E-state index contributed by atoms with van der Waals surface area (Å²) >= 11 is 0. The lowest BCUT2D eigenvalue weighted by Gasteiger charge is -2.58. The van der Waals surface area contributed by atoms with Crippen molar-refractivity contribution >= 4 is 0 Å². The minimum atomic E-state index is 0.930. The van der Waals surface area contributed by atoms with Crippen molar-refractivity contribution in [1.82, 2.24) is 4.90 Å². The van der Waals surface area contributed by atoms with Crippen molar-refractivity contribution in [3.05, 3.63) is 0 Å². The smallest absolute Gasteiger partial charge is 0.0132 e. The zero-order valence-corrected chi connectivity index (χ0v) is 12.2. The molecule has 0 aromatic heterocycles. The molecule has 3 atom stereocenters. The summed E-state index contributed by atoms with van der Waals surface area (Å²) in [6.45, 7) is 3.71. The summed E-state index contributed by atoms with van der Waals surface area (Å²) in [6.07, 6.45) is 16.5. The Morgan fingerprint density at radius 2 is 1.50 bits per heavy atom. The molecule has 0 aromatic rings. The van der Waals surface area contributed by atoms with Crippen LogP contribution in [0, 0.1) is 11.8 Å². The van der Waals surface area contributed by atoms with Gasteiger partial charge >= 0.3 is 0 Å². The van der Waals surface area contributed by atoms with Crippen LogP contribution in [0.5, 0.6) is 0 Å². The molecule has 0 N–H and O–H groups in total. The van der Waals surface area contributed by atoms with Gasteiger partial charge in [-0.2, -0.15) is 0 Å². The standard InChI is InChI=1S/C17H31N/c1-2-18(17-13-14-11-12-16(14)17)15-9-7-5-3-4-6-8-10-15/h14-17H,2-13H2,1H3. The highest BCUT2D eigenvalue weighted by Crippen LogP contribution is 2.52. The third kappa shape index (κ3) is 2.48. The molecule has 0 radical (unpaired) electrons. The van der Waals surface area contributed by atoms with Gasteiger partial charge in [0.05, 0.1) is 0 Å². The molecule has 3 fully saturated rings. The molecule has 3 aliphatic carbocycles. The van der Waals surface area contributed by atoms with Crippen LogP contribution in [0.15, 0.2) is 0 Å². The Bertz CT molecular complexity index is 252. The molecule has 3 rings (SSSR count). The van der Waals surface area contributed by atoms with Gasteiger partial charge < -0.3 is 0 Å². The van der Waals surface area contributed by atoms with Crippen molar-refractivity contribution in [1.29, 1.82) is 0 Å². The average molecular weight is 249 g/mol.